The van der Waals surface area contributed by atoms with Crippen LogP contribution in [0, 0.1) is 11.3 Å². The fourth-order valence-corrected chi connectivity index (χ4v) is 2.53. The third kappa shape index (κ3) is 2.51. The molecule has 0 unspecified atom stereocenters. The van der Waals surface area contributed by atoms with Gasteiger partial charge in [-0.25, -0.2) is 0 Å². The number of nitrogens with zero attached hydrogens (tertiary/aromatic N) is 2. The van der Waals surface area contributed by atoms with Crippen molar-refractivity contribution in [2.75, 3.05) is 13.1 Å². The Balaban J connectivity index is 1.87. The van der Waals surface area contributed by atoms with E-state index in [-0.39, 0.29) is 17.9 Å². The van der Waals surface area contributed by atoms with E-state index in [1.807, 2.05) is 6.07 Å². The SMILES string of the molecule is CCC(=O)NC1CN(C(=O)c2cc(C#N)cs2)C1. The van der Waals surface area contributed by atoms with Crippen molar-refractivity contribution in [2.45, 2.75) is 19.4 Å². The van der Waals surface area contributed by atoms with E-state index in [4.69, 9.17) is 5.26 Å². The Morgan fingerprint density at radius 1 is 1.61 bits per heavy atom. The number of carbonyl (C=O) groups is 2. The molecule has 0 saturated carbocycles. The van der Waals surface area contributed by atoms with Gasteiger partial charge in [0.15, 0.2) is 0 Å². The highest BCUT2D eigenvalue weighted by Crippen LogP contribution is 2.19. The first-order valence-corrected chi connectivity index (χ1v) is 6.59. The van der Waals surface area contributed by atoms with Crippen molar-refractivity contribution in [1.29, 1.82) is 5.26 Å². The third-order valence-corrected chi connectivity index (χ3v) is 3.71. The largest absolute Gasteiger partial charge is 0.350 e. The minimum atomic E-state index is -0.0662. The van der Waals surface area contributed by atoms with Crippen LogP contribution in [0.25, 0.3) is 0 Å². The van der Waals surface area contributed by atoms with E-state index in [2.05, 4.69) is 5.32 Å². The number of nitrogens with one attached hydrogen (secondary N) is 1. The van der Waals surface area contributed by atoms with Crippen LogP contribution in [0.4, 0.5) is 0 Å². The van der Waals surface area contributed by atoms with Gasteiger partial charge in [-0.15, -0.1) is 11.3 Å². The van der Waals surface area contributed by atoms with Gasteiger partial charge in [0.2, 0.25) is 5.91 Å². The molecule has 1 saturated heterocycles. The van der Waals surface area contributed by atoms with Gasteiger partial charge in [0.05, 0.1) is 16.5 Å². The van der Waals surface area contributed by atoms with E-state index in [0.717, 1.165) is 0 Å². The molecular weight excluding hydrogens is 250 g/mol. The molecule has 0 aliphatic carbocycles. The van der Waals surface area contributed by atoms with Crippen molar-refractivity contribution in [3.05, 3.63) is 21.9 Å². The minimum absolute atomic E-state index is 0.00925. The number of hydrogen-bond acceptors (Lipinski definition) is 4. The zero-order valence-corrected chi connectivity index (χ0v) is 10.8. The predicted molar refractivity (Wildman–Crippen MR) is 67.2 cm³/mol. The molecule has 0 bridgehead atoms. The molecule has 0 spiro atoms. The van der Waals surface area contributed by atoms with Gasteiger partial charge in [-0.2, -0.15) is 5.26 Å². The maximum absolute atomic E-state index is 12.0. The predicted octanol–water partition coefficient (Wildman–Crippen LogP) is 0.970. The van der Waals surface area contributed by atoms with Crippen molar-refractivity contribution in [3.63, 3.8) is 0 Å². The van der Waals surface area contributed by atoms with Gasteiger partial charge in [0, 0.05) is 24.9 Å². The van der Waals surface area contributed by atoms with E-state index < -0.39 is 0 Å². The second-order valence-electron chi connectivity index (χ2n) is 4.14. The van der Waals surface area contributed by atoms with Crippen molar-refractivity contribution >= 4 is 23.2 Å². The fraction of sp³-hybridized carbons (Fsp3) is 0.417. The quantitative estimate of drug-likeness (QED) is 0.883. The summed E-state index contributed by atoms with van der Waals surface area (Å²) in [6.45, 7) is 2.89. The molecule has 5 nitrogen and oxygen atoms in total. The van der Waals surface area contributed by atoms with Gasteiger partial charge in [-0.05, 0) is 6.07 Å². The molecule has 1 N–H and O–H groups in total. The molecule has 2 amide bonds. The summed E-state index contributed by atoms with van der Waals surface area (Å²) in [6, 6.07) is 3.67. The van der Waals surface area contributed by atoms with Gasteiger partial charge in [0.1, 0.15) is 6.07 Å². The first-order valence-electron chi connectivity index (χ1n) is 5.71. The summed E-state index contributed by atoms with van der Waals surface area (Å²) in [5.41, 5.74) is 0.514. The zero-order chi connectivity index (χ0) is 13.1. The molecule has 1 fully saturated rings. The van der Waals surface area contributed by atoms with Crippen LogP contribution in [-0.4, -0.2) is 35.8 Å². The first-order chi connectivity index (χ1) is 8.63. The number of rotatable bonds is 3. The van der Waals surface area contributed by atoms with Crippen LogP contribution in [0.1, 0.15) is 28.6 Å². The molecule has 1 aliphatic heterocycles. The summed E-state index contributed by atoms with van der Waals surface area (Å²) in [6.07, 6.45) is 0.459. The molecule has 0 atom stereocenters. The lowest BCUT2D eigenvalue weighted by Crippen LogP contribution is -2.60. The van der Waals surface area contributed by atoms with Crippen molar-refractivity contribution in [1.82, 2.24) is 10.2 Å². The highest BCUT2D eigenvalue weighted by Gasteiger charge is 2.32. The zero-order valence-electron chi connectivity index (χ0n) is 9.97. The lowest BCUT2D eigenvalue weighted by molar-refractivity contribution is -0.122. The maximum atomic E-state index is 12.0. The van der Waals surface area contributed by atoms with Gasteiger partial charge in [-0.3, -0.25) is 9.59 Å². The van der Waals surface area contributed by atoms with Crippen LogP contribution in [0.15, 0.2) is 11.4 Å². The Bertz CT molecular complexity index is 512. The lowest BCUT2D eigenvalue weighted by Gasteiger charge is -2.39. The topological polar surface area (TPSA) is 73.2 Å². The minimum Gasteiger partial charge on any atom is -0.350 e. The summed E-state index contributed by atoms with van der Waals surface area (Å²) < 4.78 is 0. The average molecular weight is 263 g/mol. The second-order valence-corrected chi connectivity index (χ2v) is 5.05. The normalized spacial score (nSPS) is 14.8. The van der Waals surface area contributed by atoms with Gasteiger partial charge < -0.3 is 10.2 Å². The Kier molecular flexibility index (Phi) is 3.63. The lowest BCUT2D eigenvalue weighted by atomic mass is 10.1. The highest BCUT2D eigenvalue weighted by atomic mass is 32.1. The Morgan fingerprint density at radius 3 is 2.89 bits per heavy atom. The highest BCUT2D eigenvalue weighted by molar-refractivity contribution is 7.12. The van der Waals surface area contributed by atoms with Crippen LogP contribution >= 0.6 is 11.3 Å². The van der Waals surface area contributed by atoms with Gasteiger partial charge >= 0.3 is 0 Å². The number of amides is 2. The molecule has 0 radical (unpaired) electrons. The average Bonchev–Trinajstić information content (AvgIpc) is 2.80. The number of thiophene rings is 1. The van der Waals surface area contributed by atoms with Crippen LogP contribution < -0.4 is 5.32 Å². The summed E-state index contributed by atoms with van der Waals surface area (Å²) in [4.78, 5) is 25.4. The Morgan fingerprint density at radius 2 is 2.33 bits per heavy atom. The van der Waals surface area contributed by atoms with E-state index in [0.29, 0.717) is 30.0 Å². The maximum Gasteiger partial charge on any atom is 0.264 e. The Hall–Kier alpha value is -1.87. The molecule has 1 aromatic heterocycles. The molecule has 18 heavy (non-hydrogen) atoms. The molecule has 94 valence electrons. The molecule has 2 heterocycles. The van der Waals surface area contributed by atoms with E-state index in [1.165, 1.54) is 11.3 Å². The number of carbonyl (C=O) groups excluding carboxylic acids is 2. The third-order valence-electron chi connectivity index (χ3n) is 2.79. The number of hydrogen-bond donors (Lipinski definition) is 1. The molecule has 2 rings (SSSR count). The summed E-state index contributed by atoms with van der Waals surface area (Å²) in [5, 5.41) is 13.2. The smallest absolute Gasteiger partial charge is 0.264 e. The van der Waals surface area contributed by atoms with Crippen molar-refractivity contribution in [3.8, 4) is 6.07 Å². The van der Waals surface area contributed by atoms with E-state index >= 15 is 0 Å². The number of nitriles is 1. The van der Waals surface area contributed by atoms with Crippen LogP contribution in [0.2, 0.25) is 0 Å². The molecule has 1 aliphatic rings. The summed E-state index contributed by atoms with van der Waals surface area (Å²) in [7, 11) is 0. The van der Waals surface area contributed by atoms with Crippen molar-refractivity contribution < 1.29 is 9.59 Å². The van der Waals surface area contributed by atoms with Crippen LogP contribution in [0.3, 0.4) is 0 Å². The fourth-order valence-electron chi connectivity index (χ4n) is 1.73. The van der Waals surface area contributed by atoms with Crippen LogP contribution in [-0.2, 0) is 4.79 Å². The van der Waals surface area contributed by atoms with E-state index in [9.17, 15) is 9.59 Å². The summed E-state index contributed by atoms with van der Waals surface area (Å²) >= 11 is 1.28. The molecule has 6 heteroatoms. The standard InChI is InChI=1S/C12H13N3O2S/c1-2-11(16)14-9-5-15(6-9)12(17)10-3-8(4-13)7-18-10/h3,7,9H,2,5-6H2,1H3,(H,14,16). The molecule has 1 aromatic rings. The molecular formula is C12H13N3O2S. The summed E-state index contributed by atoms with van der Waals surface area (Å²) in [5.74, 6) is -0.0570. The monoisotopic (exact) mass is 263 g/mol. The van der Waals surface area contributed by atoms with Gasteiger partial charge in [-0.1, -0.05) is 6.92 Å². The van der Waals surface area contributed by atoms with Gasteiger partial charge in [0.25, 0.3) is 5.91 Å². The van der Waals surface area contributed by atoms with Crippen LogP contribution in [0.5, 0.6) is 0 Å². The van der Waals surface area contributed by atoms with Crippen molar-refractivity contribution in [2.24, 2.45) is 0 Å². The number of likely N-dealkylation sites (tertiary alicyclic amines) is 1. The first kappa shape index (κ1) is 12.6. The second kappa shape index (κ2) is 5.19. The Labute approximate surface area is 109 Å². The van der Waals surface area contributed by atoms with E-state index in [1.54, 1.807) is 23.3 Å². The molecule has 0 aromatic carbocycles.